The molecule has 0 bridgehead atoms. The van der Waals surface area contributed by atoms with Gasteiger partial charge < -0.3 is 10.1 Å². The highest BCUT2D eigenvalue weighted by atomic mass is 16.6. The van der Waals surface area contributed by atoms with E-state index >= 15 is 0 Å². The lowest BCUT2D eigenvalue weighted by atomic mass is 10.2. The number of nitro groups is 1. The largest absolute Gasteiger partial charge is 0.487 e. The molecule has 0 aliphatic rings. The summed E-state index contributed by atoms with van der Waals surface area (Å²) in [5.74, 6) is 0.347. The molecule has 1 N–H and O–H groups in total. The molecular weight excluding hydrogens is 244 g/mol. The Kier molecular flexibility index (Phi) is 6.71. The van der Waals surface area contributed by atoms with Crippen molar-refractivity contribution in [1.82, 2.24) is 0 Å². The van der Waals surface area contributed by atoms with Crippen molar-refractivity contribution in [3.05, 3.63) is 28.3 Å². The van der Waals surface area contributed by atoms with Crippen LogP contribution in [0.1, 0.15) is 39.5 Å². The molecule has 0 aliphatic heterocycles. The minimum atomic E-state index is -0.390. The Bertz CT molecular complexity index is 408. The Labute approximate surface area is 114 Å². The topological polar surface area (TPSA) is 64.4 Å². The molecule has 1 aromatic rings. The molecular formula is C14H22N2O3. The van der Waals surface area contributed by atoms with Gasteiger partial charge in [0.15, 0.2) is 5.75 Å². The first-order chi connectivity index (χ1) is 9.20. The zero-order valence-electron chi connectivity index (χ0n) is 11.6. The molecule has 0 atom stereocenters. The number of benzene rings is 1. The number of nitrogens with one attached hydrogen (secondary N) is 1. The standard InChI is InChI=1S/C14H22N2O3/c1-3-5-6-7-11-19-13-10-8-9-12(15-4-2)14(13)16(17)18/h8-10,15H,3-7,11H2,1-2H3. The minimum absolute atomic E-state index is 0.0276. The van der Waals surface area contributed by atoms with Gasteiger partial charge in [-0.25, -0.2) is 0 Å². The third-order valence-corrected chi connectivity index (χ3v) is 2.80. The summed E-state index contributed by atoms with van der Waals surface area (Å²) in [5.41, 5.74) is 0.540. The van der Waals surface area contributed by atoms with Gasteiger partial charge >= 0.3 is 5.69 Å². The number of ether oxygens (including phenoxy) is 1. The molecule has 5 nitrogen and oxygen atoms in total. The van der Waals surface area contributed by atoms with Gasteiger partial charge in [-0.05, 0) is 25.5 Å². The third kappa shape index (κ3) is 4.77. The van der Waals surface area contributed by atoms with Crippen molar-refractivity contribution in [2.45, 2.75) is 39.5 Å². The van der Waals surface area contributed by atoms with E-state index in [1.165, 1.54) is 6.42 Å². The summed E-state index contributed by atoms with van der Waals surface area (Å²) in [6.07, 6.45) is 4.35. The molecule has 106 valence electrons. The molecule has 0 heterocycles. The fourth-order valence-corrected chi connectivity index (χ4v) is 1.87. The van der Waals surface area contributed by atoms with Crippen LogP contribution in [0.25, 0.3) is 0 Å². The normalized spacial score (nSPS) is 10.2. The average molecular weight is 266 g/mol. The minimum Gasteiger partial charge on any atom is -0.487 e. The van der Waals surface area contributed by atoms with Crippen LogP contribution < -0.4 is 10.1 Å². The van der Waals surface area contributed by atoms with Gasteiger partial charge in [-0.3, -0.25) is 10.1 Å². The average Bonchev–Trinajstić information content (AvgIpc) is 2.38. The van der Waals surface area contributed by atoms with Crippen molar-refractivity contribution in [2.75, 3.05) is 18.5 Å². The number of hydrogen-bond acceptors (Lipinski definition) is 4. The molecule has 0 radical (unpaired) electrons. The lowest BCUT2D eigenvalue weighted by Gasteiger charge is -2.10. The van der Waals surface area contributed by atoms with Gasteiger partial charge in [-0.15, -0.1) is 0 Å². The first kappa shape index (κ1) is 15.3. The maximum Gasteiger partial charge on any atom is 0.333 e. The van der Waals surface area contributed by atoms with E-state index in [0.29, 0.717) is 24.6 Å². The molecule has 1 aromatic carbocycles. The molecule has 1 rings (SSSR count). The van der Waals surface area contributed by atoms with Gasteiger partial charge in [-0.2, -0.15) is 0 Å². The predicted molar refractivity (Wildman–Crippen MR) is 76.9 cm³/mol. The van der Waals surface area contributed by atoms with Crippen LogP contribution in [-0.4, -0.2) is 18.1 Å². The summed E-state index contributed by atoms with van der Waals surface area (Å²) >= 11 is 0. The summed E-state index contributed by atoms with van der Waals surface area (Å²) in [6.45, 7) is 5.21. The lowest BCUT2D eigenvalue weighted by molar-refractivity contribution is -0.385. The quantitative estimate of drug-likeness (QED) is 0.417. The van der Waals surface area contributed by atoms with Crippen molar-refractivity contribution in [1.29, 1.82) is 0 Å². The van der Waals surface area contributed by atoms with Gasteiger partial charge in [0.05, 0.1) is 11.5 Å². The van der Waals surface area contributed by atoms with E-state index in [1.54, 1.807) is 18.2 Å². The van der Waals surface area contributed by atoms with Crippen LogP contribution in [0.15, 0.2) is 18.2 Å². The second kappa shape index (κ2) is 8.34. The predicted octanol–water partition coefficient (Wildman–Crippen LogP) is 3.99. The summed E-state index contributed by atoms with van der Waals surface area (Å²) in [7, 11) is 0. The fraction of sp³-hybridized carbons (Fsp3) is 0.571. The number of para-hydroxylation sites is 1. The van der Waals surface area contributed by atoms with E-state index in [-0.39, 0.29) is 10.6 Å². The van der Waals surface area contributed by atoms with E-state index in [1.807, 2.05) is 6.92 Å². The first-order valence-electron chi connectivity index (χ1n) is 6.84. The SMILES string of the molecule is CCCCCCOc1cccc(NCC)c1[N+](=O)[O-]. The van der Waals surface area contributed by atoms with E-state index in [0.717, 1.165) is 19.3 Å². The van der Waals surface area contributed by atoms with Crippen molar-refractivity contribution < 1.29 is 9.66 Å². The van der Waals surface area contributed by atoms with Crippen LogP contribution in [0.3, 0.4) is 0 Å². The van der Waals surface area contributed by atoms with Gasteiger partial charge in [0.2, 0.25) is 0 Å². The number of rotatable bonds is 9. The summed E-state index contributed by atoms with van der Waals surface area (Å²) in [6, 6.07) is 5.12. The van der Waals surface area contributed by atoms with Gasteiger partial charge in [0.1, 0.15) is 5.69 Å². The Morgan fingerprint density at radius 3 is 2.68 bits per heavy atom. The second-order valence-electron chi connectivity index (χ2n) is 4.35. The zero-order chi connectivity index (χ0) is 14.1. The highest BCUT2D eigenvalue weighted by Crippen LogP contribution is 2.34. The van der Waals surface area contributed by atoms with Crippen LogP contribution in [0.2, 0.25) is 0 Å². The van der Waals surface area contributed by atoms with Crippen molar-refractivity contribution in [3.8, 4) is 5.75 Å². The second-order valence-corrected chi connectivity index (χ2v) is 4.35. The van der Waals surface area contributed by atoms with E-state index in [4.69, 9.17) is 4.74 Å². The molecule has 0 aliphatic carbocycles. The third-order valence-electron chi connectivity index (χ3n) is 2.80. The fourth-order valence-electron chi connectivity index (χ4n) is 1.87. The number of nitrogens with zero attached hydrogens (tertiary/aromatic N) is 1. The zero-order valence-corrected chi connectivity index (χ0v) is 11.6. The summed E-state index contributed by atoms with van der Waals surface area (Å²) in [4.78, 5) is 10.7. The van der Waals surface area contributed by atoms with Crippen molar-refractivity contribution in [2.24, 2.45) is 0 Å². The molecule has 0 saturated carbocycles. The molecule has 0 fully saturated rings. The molecule has 0 spiro atoms. The van der Waals surface area contributed by atoms with Gasteiger partial charge in [0, 0.05) is 6.54 Å². The Hall–Kier alpha value is -1.78. The monoisotopic (exact) mass is 266 g/mol. The van der Waals surface area contributed by atoms with E-state index in [9.17, 15) is 10.1 Å². The smallest absolute Gasteiger partial charge is 0.333 e. The maximum atomic E-state index is 11.1. The molecule has 5 heteroatoms. The van der Waals surface area contributed by atoms with Crippen molar-refractivity contribution >= 4 is 11.4 Å². The van der Waals surface area contributed by atoms with Crippen LogP contribution in [-0.2, 0) is 0 Å². The Morgan fingerprint density at radius 1 is 1.26 bits per heavy atom. The number of hydrogen-bond donors (Lipinski definition) is 1. The summed E-state index contributed by atoms with van der Waals surface area (Å²) < 4.78 is 5.55. The van der Waals surface area contributed by atoms with Crippen LogP contribution >= 0.6 is 0 Å². The molecule has 0 aromatic heterocycles. The maximum absolute atomic E-state index is 11.1. The molecule has 19 heavy (non-hydrogen) atoms. The molecule has 0 saturated heterocycles. The Morgan fingerprint density at radius 2 is 2.05 bits per heavy atom. The van der Waals surface area contributed by atoms with Crippen LogP contribution in [0.5, 0.6) is 5.75 Å². The number of nitro benzene ring substituents is 1. The number of unbranched alkanes of at least 4 members (excludes halogenated alkanes) is 3. The highest BCUT2D eigenvalue weighted by molar-refractivity contribution is 5.68. The molecule has 0 unspecified atom stereocenters. The van der Waals surface area contributed by atoms with Crippen molar-refractivity contribution in [3.63, 3.8) is 0 Å². The lowest BCUT2D eigenvalue weighted by Crippen LogP contribution is -2.05. The summed E-state index contributed by atoms with van der Waals surface area (Å²) in [5, 5.41) is 14.1. The van der Waals surface area contributed by atoms with Crippen LogP contribution in [0, 0.1) is 10.1 Å². The Balaban J connectivity index is 2.70. The number of anilines is 1. The highest BCUT2D eigenvalue weighted by Gasteiger charge is 2.20. The van der Waals surface area contributed by atoms with E-state index in [2.05, 4.69) is 12.2 Å². The van der Waals surface area contributed by atoms with Gasteiger partial charge in [0.25, 0.3) is 0 Å². The first-order valence-corrected chi connectivity index (χ1v) is 6.84. The van der Waals surface area contributed by atoms with Crippen LogP contribution in [0.4, 0.5) is 11.4 Å². The molecule has 0 amide bonds. The van der Waals surface area contributed by atoms with E-state index < -0.39 is 0 Å². The van der Waals surface area contributed by atoms with Gasteiger partial charge in [-0.1, -0.05) is 32.3 Å².